The van der Waals surface area contributed by atoms with Crippen LogP contribution in [0, 0.1) is 0 Å². The van der Waals surface area contributed by atoms with Gasteiger partial charge in [0.2, 0.25) is 0 Å². The fraction of sp³-hybridized carbons (Fsp3) is 0.556. The lowest BCUT2D eigenvalue weighted by atomic mass is 10.2. The monoisotopic (exact) mass is 536 g/mol. The lowest BCUT2D eigenvalue weighted by molar-refractivity contribution is -0.142. The highest BCUT2D eigenvalue weighted by atomic mass is 127. The van der Waals surface area contributed by atoms with Gasteiger partial charge in [-0.3, -0.25) is 9.79 Å². The molecule has 3 rings (SSSR count). The average Bonchev–Trinajstić information content (AvgIpc) is 3.17. The van der Waals surface area contributed by atoms with Crippen molar-refractivity contribution in [2.75, 3.05) is 39.8 Å². The molecule has 2 fully saturated rings. The second-order valence-electron chi connectivity index (χ2n) is 6.34. The van der Waals surface area contributed by atoms with E-state index in [4.69, 9.17) is 4.74 Å². The van der Waals surface area contributed by atoms with Crippen molar-refractivity contribution in [1.82, 2.24) is 15.1 Å². The van der Waals surface area contributed by atoms with Crippen molar-refractivity contribution in [3.8, 4) is 0 Å². The lowest BCUT2D eigenvalue weighted by Gasteiger charge is -2.37. The Balaban J connectivity index is 0.00000243. The summed E-state index contributed by atoms with van der Waals surface area (Å²) >= 11 is 3.49. The topological polar surface area (TPSA) is 57.2 Å². The van der Waals surface area contributed by atoms with E-state index in [2.05, 4.69) is 43.3 Å². The number of hydrogen-bond acceptors (Lipinski definition) is 3. The third-order valence-corrected chi connectivity index (χ3v) is 5.14. The van der Waals surface area contributed by atoms with Crippen molar-refractivity contribution in [2.24, 2.45) is 4.99 Å². The summed E-state index contributed by atoms with van der Waals surface area (Å²) in [4.78, 5) is 20.9. The van der Waals surface area contributed by atoms with Crippen LogP contribution in [0.2, 0.25) is 0 Å². The minimum atomic E-state index is -0.222. The number of halogens is 2. The Hall–Kier alpha value is -0.870. The SMILES string of the molecule is CN=C(NCc1cccc(Br)c1)N1CCN(C(=O)C2CCCO2)CC1.I. The van der Waals surface area contributed by atoms with Crippen LogP contribution in [0.3, 0.4) is 0 Å². The molecule has 0 radical (unpaired) electrons. The number of guanidine groups is 1. The highest BCUT2D eigenvalue weighted by molar-refractivity contribution is 14.0. The molecule has 2 heterocycles. The third-order valence-electron chi connectivity index (χ3n) is 4.65. The van der Waals surface area contributed by atoms with E-state index >= 15 is 0 Å². The van der Waals surface area contributed by atoms with Crippen molar-refractivity contribution in [3.05, 3.63) is 34.3 Å². The Bertz CT molecular complexity index is 629. The van der Waals surface area contributed by atoms with E-state index in [0.717, 1.165) is 56.0 Å². The zero-order valence-corrected chi connectivity index (χ0v) is 18.9. The van der Waals surface area contributed by atoms with E-state index in [1.54, 1.807) is 7.05 Å². The first-order chi connectivity index (χ1) is 12.2. The molecule has 1 N–H and O–H groups in total. The Kier molecular flexibility index (Phi) is 8.62. The van der Waals surface area contributed by atoms with Crippen molar-refractivity contribution >= 4 is 51.8 Å². The number of hydrogen-bond donors (Lipinski definition) is 1. The summed E-state index contributed by atoms with van der Waals surface area (Å²) < 4.78 is 6.59. The normalized spacial score (nSPS) is 20.7. The minimum absolute atomic E-state index is 0. The number of benzene rings is 1. The molecule has 26 heavy (non-hydrogen) atoms. The van der Waals surface area contributed by atoms with Gasteiger partial charge < -0.3 is 19.9 Å². The molecule has 1 atom stereocenters. The van der Waals surface area contributed by atoms with Crippen molar-refractivity contribution in [3.63, 3.8) is 0 Å². The Morgan fingerprint density at radius 1 is 1.31 bits per heavy atom. The van der Waals surface area contributed by atoms with Crippen LogP contribution in [0.1, 0.15) is 18.4 Å². The maximum atomic E-state index is 12.4. The molecule has 2 aliphatic rings. The third kappa shape index (κ3) is 5.56. The van der Waals surface area contributed by atoms with Crippen LogP contribution in [0.4, 0.5) is 0 Å². The maximum absolute atomic E-state index is 12.4. The van der Waals surface area contributed by atoms with Crippen LogP contribution in [0.25, 0.3) is 0 Å². The summed E-state index contributed by atoms with van der Waals surface area (Å²) in [5.41, 5.74) is 1.20. The van der Waals surface area contributed by atoms with E-state index < -0.39 is 0 Å². The largest absolute Gasteiger partial charge is 0.368 e. The molecule has 2 saturated heterocycles. The van der Waals surface area contributed by atoms with Crippen LogP contribution in [0.5, 0.6) is 0 Å². The molecular formula is C18H26BrIN4O2. The zero-order valence-electron chi connectivity index (χ0n) is 15.0. The molecule has 0 aliphatic carbocycles. The molecule has 2 aliphatic heterocycles. The number of piperazine rings is 1. The van der Waals surface area contributed by atoms with Gasteiger partial charge in [-0.25, -0.2) is 0 Å². The summed E-state index contributed by atoms with van der Waals surface area (Å²) in [5, 5.41) is 3.41. The second kappa shape index (κ2) is 10.5. The molecule has 0 aromatic heterocycles. The average molecular weight is 537 g/mol. The summed E-state index contributed by atoms with van der Waals surface area (Å²) in [5.74, 6) is 1.03. The first-order valence-corrected chi connectivity index (χ1v) is 9.57. The molecule has 144 valence electrons. The molecule has 0 saturated carbocycles. The van der Waals surface area contributed by atoms with Gasteiger partial charge in [-0.2, -0.15) is 0 Å². The summed E-state index contributed by atoms with van der Waals surface area (Å²) in [6.07, 6.45) is 1.62. The second-order valence-corrected chi connectivity index (χ2v) is 7.26. The Morgan fingerprint density at radius 2 is 2.04 bits per heavy atom. The first kappa shape index (κ1) is 21.4. The lowest BCUT2D eigenvalue weighted by Crippen LogP contribution is -2.55. The molecule has 1 amide bonds. The number of amides is 1. The zero-order chi connectivity index (χ0) is 17.6. The van der Waals surface area contributed by atoms with Crippen molar-refractivity contribution in [2.45, 2.75) is 25.5 Å². The van der Waals surface area contributed by atoms with Gasteiger partial charge in [-0.05, 0) is 30.5 Å². The fourth-order valence-electron chi connectivity index (χ4n) is 3.28. The predicted octanol–water partition coefficient (Wildman–Crippen LogP) is 2.47. The highest BCUT2D eigenvalue weighted by Gasteiger charge is 2.30. The molecule has 0 spiro atoms. The van der Waals surface area contributed by atoms with Crippen LogP contribution < -0.4 is 5.32 Å². The summed E-state index contributed by atoms with van der Waals surface area (Å²) in [6, 6.07) is 8.23. The van der Waals surface area contributed by atoms with Crippen LogP contribution in [-0.4, -0.2) is 67.6 Å². The van der Waals surface area contributed by atoms with Gasteiger partial charge in [0, 0.05) is 50.9 Å². The van der Waals surface area contributed by atoms with Crippen LogP contribution in [-0.2, 0) is 16.1 Å². The first-order valence-electron chi connectivity index (χ1n) is 8.78. The van der Waals surface area contributed by atoms with Gasteiger partial charge >= 0.3 is 0 Å². The van der Waals surface area contributed by atoms with Gasteiger partial charge in [0.1, 0.15) is 6.10 Å². The number of aliphatic imine (C=N–C) groups is 1. The summed E-state index contributed by atoms with van der Waals surface area (Å²) in [7, 11) is 1.80. The summed E-state index contributed by atoms with van der Waals surface area (Å²) in [6.45, 7) is 4.45. The van der Waals surface area contributed by atoms with Gasteiger partial charge in [-0.15, -0.1) is 24.0 Å². The number of carbonyl (C=O) groups is 1. The molecule has 1 unspecified atom stereocenters. The molecule has 8 heteroatoms. The number of carbonyl (C=O) groups excluding carboxylic acids is 1. The smallest absolute Gasteiger partial charge is 0.251 e. The van der Waals surface area contributed by atoms with Gasteiger partial charge in [-0.1, -0.05) is 28.1 Å². The van der Waals surface area contributed by atoms with E-state index in [-0.39, 0.29) is 36.0 Å². The number of nitrogens with zero attached hydrogens (tertiary/aromatic N) is 3. The molecule has 6 nitrogen and oxygen atoms in total. The molecular weight excluding hydrogens is 511 g/mol. The minimum Gasteiger partial charge on any atom is -0.368 e. The molecule has 0 bridgehead atoms. The predicted molar refractivity (Wildman–Crippen MR) is 117 cm³/mol. The number of ether oxygens (including phenoxy) is 1. The van der Waals surface area contributed by atoms with Crippen molar-refractivity contribution in [1.29, 1.82) is 0 Å². The maximum Gasteiger partial charge on any atom is 0.251 e. The standard InChI is InChI=1S/C18H25BrN4O2.HI/c1-20-18(21-13-14-4-2-5-15(19)12-14)23-9-7-22(8-10-23)17(24)16-6-3-11-25-16;/h2,4-5,12,16H,3,6-11,13H2,1H3,(H,20,21);1H. The molecule has 1 aromatic carbocycles. The number of rotatable bonds is 3. The molecule has 1 aromatic rings. The van der Waals surface area contributed by atoms with E-state index in [0.29, 0.717) is 6.61 Å². The number of nitrogens with one attached hydrogen (secondary N) is 1. The highest BCUT2D eigenvalue weighted by Crippen LogP contribution is 2.16. The van der Waals surface area contributed by atoms with Crippen LogP contribution >= 0.6 is 39.9 Å². The Labute approximate surface area is 180 Å². The fourth-order valence-corrected chi connectivity index (χ4v) is 3.72. The quantitative estimate of drug-likeness (QED) is 0.366. The van der Waals surface area contributed by atoms with E-state index in [1.165, 1.54) is 5.56 Å². The van der Waals surface area contributed by atoms with Gasteiger partial charge in [0.25, 0.3) is 5.91 Å². The van der Waals surface area contributed by atoms with Crippen molar-refractivity contribution < 1.29 is 9.53 Å². The van der Waals surface area contributed by atoms with Gasteiger partial charge in [0.05, 0.1) is 0 Å². The van der Waals surface area contributed by atoms with E-state index in [1.807, 2.05) is 17.0 Å². The van der Waals surface area contributed by atoms with E-state index in [9.17, 15) is 4.79 Å². The van der Waals surface area contributed by atoms with Crippen LogP contribution in [0.15, 0.2) is 33.7 Å². The van der Waals surface area contributed by atoms with Gasteiger partial charge in [0.15, 0.2) is 5.96 Å². The Morgan fingerprint density at radius 3 is 2.65 bits per heavy atom.